The zero-order valence-corrected chi connectivity index (χ0v) is 14.6. The molecule has 0 saturated carbocycles. The molecule has 1 fully saturated rings. The van der Waals surface area contributed by atoms with Gasteiger partial charge in [-0.2, -0.15) is 0 Å². The minimum absolute atomic E-state index is 0.0867. The van der Waals surface area contributed by atoms with Crippen LogP contribution in [0.1, 0.15) is 27.0 Å². The van der Waals surface area contributed by atoms with Gasteiger partial charge in [-0.15, -0.1) is 0 Å². The number of aryl methyl sites for hydroxylation is 2. The van der Waals surface area contributed by atoms with Crippen LogP contribution in [0.5, 0.6) is 0 Å². The predicted octanol–water partition coefficient (Wildman–Crippen LogP) is 2.67. The molecule has 1 aliphatic rings. The van der Waals surface area contributed by atoms with Gasteiger partial charge in [0.05, 0.1) is 11.3 Å². The van der Waals surface area contributed by atoms with Crippen molar-refractivity contribution >= 4 is 35.6 Å². The molecule has 0 spiro atoms. The number of rotatable bonds is 3. The number of benzene rings is 2. The number of barbiturate groups is 1. The van der Waals surface area contributed by atoms with Gasteiger partial charge in [-0.05, 0) is 60.9 Å². The van der Waals surface area contributed by atoms with Gasteiger partial charge in [-0.1, -0.05) is 18.2 Å². The summed E-state index contributed by atoms with van der Waals surface area (Å²) in [4.78, 5) is 49.1. The maximum atomic E-state index is 12.8. The number of hydrogen-bond acceptors (Lipinski definition) is 4. The zero-order chi connectivity index (χ0) is 19.7. The Morgan fingerprint density at radius 2 is 1.59 bits per heavy atom. The number of amides is 4. The Bertz CT molecular complexity index is 985. The number of imide groups is 2. The molecule has 3 rings (SSSR count). The summed E-state index contributed by atoms with van der Waals surface area (Å²) >= 11 is 0. The third-order valence-corrected chi connectivity index (χ3v) is 4.03. The molecule has 0 bridgehead atoms. The molecule has 1 saturated heterocycles. The average molecular weight is 364 g/mol. The van der Waals surface area contributed by atoms with Gasteiger partial charge in [-0.25, -0.2) is 14.5 Å². The fourth-order valence-corrected chi connectivity index (χ4v) is 2.86. The summed E-state index contributed by atoms with van der Waals surface area (Å²) in [5, 5.41) is 11.1. The Balaban J connectivity index is 2.00. The second kappa shape index (κ2) is 6.87. The lowest BCUT2D eigenvalue weighted by atomic mass is 10.0. The Morgan fingerprint density at radius 1 is 1.00 bits per heavy atom. The average Bonchev–Trinajstić information content (AvgIpc) is 2.58. The fraction of sp³-hybridized carbons (Fsp3) is 0.100. The van der Waals surface area contributed by atoms with E-state index in [9.17, 15) is 19.2 Å². The van der Waals surface area contributed by atoms with E-state index in [1.807, 2.05) is 19.9 Å². The van der Waals surface area contributed by atoms with E-state index < -0.39 is 23.8 Å². The summed E-state index contributed by atoms with van der Waals surface area (Å²) in [6, 6.07) is 10.2. The van der Waals surface area contributed by atoms with E-state index in [1.165, 1.54) is 30.3 Å². The monoisotopic (exact) mass is 364 g/mol. The van der Waals surface area contributed by atoms with Crippen LogP contribution >= 0.6 is 0 Å². The van der Waals surface area contributed by atoms with Crippen LogP contribution in [-0.4, -0.2) is 28.9 Å². The number of carbonyl (C=O) groups excluding carboxylic acids is 3. The smallest absolute Gasteiger partial charge is 0.335 e. The number of nitrogens with zero attached hydrogens (tertiary/aromatic N) is 1. The van der Waals surface area contributed by atoms with Crippen molar-refractivity contribution in [1.29, 1.82) is 0 Å². The van der Waals surface area contributed by atoms with Gasteiger partial charge in [0.1, 0.15) is 5.57 Å². The summed E-state index contributed by atoms with van der Waals surface area (Å²) in [5.41, 5.74) is 2.46. The van der Waals surface area contributed by atoms with E-state index in [0.717, 1.165) is 16.0 Å². The van der Waals surface area contributed by atoms with Crippen molar-refractivity contribution in [3.05, 3.63) is 70.3 Å². The van der Waals surface area contributed by atoms with E-state index >= 15 is 0 Å². The highest BCUT2D eigenvalue weighted by molar-refractivity contribution is 6.39. The van der Waals surface area contributed by atoms with Gasteiger partial charge in [0.2, 0.25) is 0 Å². The summed E-state index contributed by atoms with van der Waals surface area (Å²) in [6.07, 6.45) is 1.32. The number of hydrogen-bond donors (Lipinski definition) is 2. The lowest BCUT2D eigenvalue weighted by molar-refractivity contribution is -0.122. The van der Waals surface area contributed by atoms with E-state index in [4.69, 9.17) is 5.11 Å². The standard InChI is InChI=1S/C20H16N2O5/c1-11-7-12(2)9-15(8-11)22-18(24)16(17(23)21-20(22)27)10-13-3-5-14(6-4-13)19(25)26/h3-10H,1-2H3,(H,25,26)(H,21,23,27)/b16-10+. The Labute approximate surface area is 154 Å². The quantitative estimate of drug-likeness (QED) is 0.644. The summed E-state index contributed by atoms with van der Waals surface area (Å²) < 4.78 is 0. The largest absolute Gasteiger partial charge is 0.478 e. The van der Waals surface area contributed by atoms with Crippen LogP contribution in [0.4, 0.5) is 10.5 Å². The molecular weight excluding hydrogens is 348 g/mol. The second-order valence-corrected chi connectivity index (χ2v) is 6.23. The van der Waals surface area contributed by atoms with Gasteiger partial charge >= 0.3 is 12.0 Å². The van der Waals surface area contributed by atoms with Crippen LogP contribution < -0.4 is 10.2 Å². The number of carboxylic acids is 1. The van der Waals surface area contributed by atoms with E-state index in [-0.39, 0.29) is 11.1 Å². The maximum Gasteiger partial charge on any atom is 0.335 e. The van der Waals surface area contributed by atoms with Crippen LogP contribution in [0, 0.1) is 13.8 Å². The van der Waals surface area contributed by atoms with Gasteiger partial charge in [0, 0.05) is 0 Å². The summed E-state index contributed by atoms with van der Waals surface area (Å²) in [7, 11) is 0. The minimum atomic E-state index is -1.08. The summed E-state index contributed by atoms with van der Waals surface area (Å²) in [6.45, 7) is 3.68. The highest BCUT2D eigenvalue weighted by Gasteiger charge is 2.36. The second-order valence-electron chi connectivity index (χ2n) is 6.23. The molecule has 0 atom stereocenters. The first-order chi connectivity index (χ1) is 12.8. The lowest BCUT2D eigenvalue weighted by Gasteiger charge is -2.27. The molecule has 27 heavy (non-hydrogen) atoms. The van der Waals surface area contributed by atoms with Crippen LogP contribution in [-0.2, 0) is 9.59 Å². The van der Waals surface area contributed by atoms with Crippen molar-refractivity contribution < 1.29 is 24.3 Å². The Kier molecular flexibility index (Phi) is 4.60. The number of anilines is 1. The van der Waals surface area contributed by atoms with E-state index in [2.05, 4.69) is 5.32 Å². The molecule has 4 amide bonds. The topological polar surface area (TPSA) is 104 Å². The van der Waals surface area contributed by atoms with Crippen molar-refractivity contribution in [1.82, 2.24) is 5.32 Å². The van der Waals surface area contributed by atoms with Gasteiger partial charge < -0.3 is 5.11 Å². The van der Waals surface area contributed by atoms with E-state index in [0.29, 0.717) is 11.3 Å². The number of carboxylic acid groups (broad SMARTS) is 1. The van der Waals surface area contributed by atoms with Crippen LogP contribution in [0.3, 0.4) is 0 Å². The first kappa shape index (κ1) is 18.1. The lowest BCUT2D eigenvalue weighted by Crippen LogP contribution is -2.54. The third kappa shape index (κ3) is 3.62. The number of nitrogens with one attached hydrogen (secondary N) is 1. The van der Waals surface area contributed by atoms with Gasteiger partial charge in [-0.3, -0.25) is 14.9 Å². The Hall–Kier alpha value is -3.74. The molecule has 2 aromatic carbocycles. The fourth-order valence-electron chi connectivity index (χ4n) is 2.86. The number of aromatic carboxylic acids is 1. The molecule has 0 aromatic heterocycles. The van der Waals surface area contributed by atoms with Crippen molar-refractivity contribution in [2.45, 2.75) is 13.8 Å². The Morgan fingerprint density at radius 3 is 2.15 bits per heavy atom. The molecule has 1 aliphatic heterocycles. The number of urea groups is 1. The first-order valence-electron chi connectivity index (χ1n) is 8.09. The summed E-state index contributed by atoms with van der Waals surface area (Å²) in [5.74, 6) is -2.61. The molecule has 0 radical (unpaired) electrons. The van der Waals surface area contributed by atoms with Gasteiger partial charge in [0.25, 0.3) is 11.8 Å². The van der Waals surface area contributed by atoms with Crippen molar-refractivity contribution in [2.24, 2.45) is 0 Å². The van der Waals surface area contributed by atoms with Crippen molar-refractivity contribution in [3.8, 4) is 0 Å². The predicted molar refractivity (Wildman–Crippen MR) is 98.3 cm³/mol. The SMILES string of the molecule is Cc1cc(C)cc(N2C(=O)NC(=O)/C(=C\c3ccc(C(=O)O)cc3)C2=O)c1. The normalized spacial score (nSPS) is 15.9. The molecule has 2 aromatic rings. The van der Waals surface area contributed by atoms with Gasteiger partial charge in [0.15, 0.2) is 0 Å². The third-order valence-electron chi connectivity index (χ3n) is 4.03. The van der Waals surface area contributed by atoms with E-state index in [1.54, 1.807) is 12.1 Å². The highest BCUT2D eigenvalue weighted by atomic mass is 16.4. The molecule has 136 valence electrons. The molecule has 0 unspecified atom stereocenters. The molecule has 7 nitrogen and oxygen atoms in total. The molecule has 1 heterocycles. The van der Waals surface area contributed by atoms with Crippen LogP contribution in [0.15, 0.2) is 48.0 Å². The molecule has 2 N–H and O–H groups in total. The maximum absolute atomic E-state index is 12.8. The molecule has 7 heteroatoms. The van der Waals surface area contributed by atoms with Crippen LogP contribution in [0.25, 0.3) is 6.08 Å². The minimum Gasteiger partial charge on any atom is -0.478 e. The zero-order valence-electron chi connectivity index (χ0n) is 14.6. The van der Waals surface area contributed by atoms with Crippen molar-refractivity contribution in [3.63, 3.8) is 0 Å². The molecular formula is C20H16N2O5. The number of carbonyl (C=O) groups is 4. The first-order valence-corrected chi connectivity index (χ1v) is 8.09. The van der Waals surface area contributed by atoms with Crippen LogP contribution in [0.2, 0.25) is 0 Å². The molecule has 0 aliphatic carbocycles. The highest BCUT2D eigenvalue weighted by Crippen LogP contribution is 2.24. The van der Waals surface area contributed by atoms with Crippen molar-refractivity contribution in [2.75, 3.05) is 4.90 Å².